The van der Waals surface area contributed by atoms with Crippen LogP contribution in [0.1, 0.15) is 33.5 Å². The summed E-state index contributed by atoms with van der Waals surface area (Å²) in [5.74, 6) is 1.93. The Morgan fingerprint density at radius 3 is 2.86 bits per heavy atom. The summed E-state index contributed by atoms with van der Waals surface area (Å²) >= 11 is 0. The molecule has 1 aliphatic heterocycles. The molecule has 8 nitrogen and oxygen atoms in total. The maximum absolute atomic E-state index is 12.8. The molecule has 4 aromatic rings. The van der Waals surface area contributed by atoms with Crippen LogP contribution in [-0.2, 0) is 25.8 Å². The third kappa shape index (κ3) is 3.13. The number of carbonyl (C=O) groups is 1. The summed E-state index contributed by atoms with van der Waals surface area (Å²) in [6, 6.07) is 12.0. The number of oxazole rings is 1. The molecule has 0 aliphatic carbocycles. The molecule has 0 spiro atoms. The highest BCUT2D eigenvalue weighted by atomic mass is 16.4. The number of carbonyl (C=O) groups excluding carboxylic acids is 1. The van der Waals surface area contributed by atoms with Gasteiger partial charge in [-0.1, -0.05) is 30.3 Å². The molecule has 0 bridgehead atoms. The van der Waals surface area contributed by atoms with E-state index in [0.29, 0.717) is 25.3 Å². The van der Waals surface area contributed by atoms with Gasteiger partial charge in [0.2, 0.25) is 5.82 Å². The van der Waals surface area contributed by atoms with Gasteiger partial charge in [0, 0.05) is 31.8 Å². The quantitative estimate of drug-likeness (QED) is 0.543. The van der Waals surface area contributed by atoms with Crippen molar-refractivity contribution in [2.24, 2.45) is 0 Å². The molecule has 0 saturated heterocycles. The van der Waals surface area contributed by atoms with E-state index < -0.39 is 0 Å². The fourth-order valence-corrected chi connectivity index (χ4v) is 3.39. The molecular weight excluding hydrogens is 356 g/mol. The summed E-state index contributed by atoms with van der Waals surface area (Å²) in [5, 5.41) is 4.22. The Bertz CT molecular complexity index is 1100. The highest BCUT2D eigenvalue weighted by Crippen LogP contribution is 2.21. The zero-order valence-corrected chi connectivity index (χ0v) is 15.2. The summed E-state index contributed by atoms with van der Waals surface area (Å²) in [6.45, 7) is 0.966. The lowest BCUT2D eigenvalue weighted by Gasteiger charge is -2.23. The van der Waals surface area contributed by atoms with Crippen LogP contribution in [0, 0.1) is 0 Å². The minimum atomic E-state index is -0.218. The Morgan fingerprint density at radius 2 is 2.00 bits per heavy atom. The van der Waals surface area contributed by atoms with E-state index in [2.05, 4.69) is 32.2 Å². The molecule has 0 N–H and O–H groups in total. The zero-order valence-electron chi connectivity index (χ0n) is 15.2. The molecule has 0 atom stereocenters. The average molecular weight is 374 g/mol. The van der Waals surface area contributed by atoms with Gasteiger partial charge in [-0.2, -0.15) is 4.98 Å². The van der Waals surface area contributed by atoms with Crippen molar-refractivity contribution >= 4 is 11.7 Å². The largest absolute Gasteiger partial charge is 0.445 e. The van der Waals surface area contributed by atoms with Gasteiger partial charge in [0.05, 0.1) is 6.54 Å². The topological polar surface area (TPSA) is 89.4 Å². The molecule has 0 saturated carbocycles. The SMILES string of the molecule is O=C(c1nc2ncccn2n1)N1CCc2oc(CCc3ccccc3)nc2C1. The van der Waals surface area contributed by atoms with E-state index in [1.54, 1.807) is 23.4 Å². The minimum Gasteiger partial charge on any atom is -0.445 e. The number of nitrogens with zero attached hydrogens (tertiary/aromatic N) is 6. The lowest BCUT2D eigenvalue weighted by molar-refractivity contribution is 0.0715. The summed E-state index contributed by atoms with van der Waals surface area (Å²) in [6.07, 6.45) is 5.60. The van der Waals surface area contributed by atoms with E-state index in [9.17, 15) is 4.79 Å². The predicted molar refractivity (Wildman–Crippen MR) is 99.6 cm³/mol. The molecule has 28 heavy (non-hydrogen) atoms. The maximum atomic E-state index is 12.8. The molecule has 1 aliphatic rings. The van der Waals surface area contributed by atoms with Crippen LogP contribution in [-0.4, -0.2) is 41.9 Å². The minimum absolute atomic E-state index is 0.148. The number of rotatable bonds is 4. The summed E-state index contributed by atoms with van der Waals surface area (Å²) < 4.78 is 7.42. The van der Waals surface area contributed by atoms with Crippen molar-refractivity contribution in [2.45, 2.75) is 25.8 Å². The van der Waals surface area contributed by atoms with Crippen molar-refractivity contribution in [3.05, 3.63) is 77.5 Å². The van der Waals surface area contributed by atoms with E-state index in [0.717, 1.165) is 30.2 Å². The van der Waals surface area contributed by atoms with E-state index in [1.165, 1.54) is 10.1 Å². The molecule has 1 amide bonds. The fraction of sp³-hybridized carbons (Fsp3) is 0.250. The number of aryl methyl sites for hydroxylation is 2. The fourth-order valence-electron chi connectivity index (χ4n) is 3.39. The van der Waals surface area contributed by atoms with Crippen molar-refractivity contribution in [3.8, 4) is 0 Å². The van der Waals surface area contributed by atoms with Gasteiger partial charge >= 0.3 is 0 Å². The molecule has 140 valence electrons. The Morgan fingerprint density at radius 1 is 1.11 bits per heavy atom. The standard InChI is InChI=1S/C20H18N6O2/c27-19(18-23-20-21-10-4-11-26(20)24-18)25-12-9-16-15(13-25)22-17(28-16)8-7-14-5-2-1-3-6-14/h1-6,10-11H,7-9,12-13H2. The second-order valence-corrected chi connectivity index (χ2v) is 6.74. The van der Waals surface area contributed by atoms with Crippen molar-refractivity contribution in [1.82, 2.24) is 29.5 Å². The third-order valence-electron chi connectivity index (χ3n) is 4.84. The first-order valence-electron chi connectivity index (χ1n) is 9.24. The second-order valence-electron chi connectivity index (χ2n) is 6.74. The summed E-state index contributed by atoms with van der Waals surface area (Å²) in [5.41, 5.74) is 2.08. The van der Waals surface area contributed by atoms with E-state index in [-0.39, 0.29) is 11.7 Å². The number of amides is 1. The Hall–Kier alpha value is -3.55. The van der Waals surface area contributed by atoms with Crippen LogP contribution < -0.4 is 0 Å². The van der Waals surface area contributed by atoms with Crippen molar-refractivity contribution in [1.29, 1.82) is 0 Å². The molecule has 8 heteroatoms. The first-order valence-corrected chi connectivity index (χ1v) is 9.24. The van der Waals surface area contributed by atoms with Crippen LogP contribution in [0.4, 0.5) is 0 Å². The first kappa shape index (κ1) is 16.6. The molecule has 0 radical (unpaired) electrons. The normalized spacial score (nSPS) is 13.6. The van der Waals surface area contributed by atoms with Gasteiger partial charge in [-0.15, -0.1) is 5.10 Å². The second kappa shape index (κ2) is 6.88. The average Bonchev–Trinajstić information content (AvgIpc) is 3.35. The van der Waals surface area contributed by atoms with E-state index in [1.807, 2.05) is 18.2 Å². The predicted octanol–water partition coefficient (Wildman–Crippen LogP) is 2.10. The molecule has 4 heterocycles. The zero-order chi connectivity index (χ0) is 18.9. The Balaban J connectivity index is 1.29. The lowest BCUT2D eigenvalue weighted by Crippen LogP contribution is -2.36. The van der Waals surface area contributed by atoms with Gasteiger partial charge in [-0.3, -0.25) is 4.79 Å². The van der Waals surface area contributed by atoms with Gasteiger partial charge in [0.1, 0.15) is 11.5 Å². The van der Waals surface area contributed by atoms with E-state index in [4.69, 9.17) is 4.42 Å². The Kier molecular flexibility index (Phi) is 4.08. The van der Waals surface area contributed by atoms with E-state index >= 15 is 0 Å². The monoisotopic (exact) mass is 374 g/mol. The molecule has 1 aromatic carbocycles. The number of hydrogen-bond acceptors (Lipinski definition) is 6. The number of benzene rings is 1. The smallest absolute Gasteiger partial charge is 0.293 e. The molecule has 0 fully saturated rings. The molecular formula is C20H18N6O2. The number of aromatic nitrogens is 5. The van der Waals surface area contributed by atoms with Crippen LogP contribution in [0.3, 0.4) is 0 Å². The first-order chi connectivity index (χ1) is 13.8. The highest BCUT2D eigenvalue weighted by Gasteiger charge is 2.28. The van der Waals surface area contributed by atoms with Crippen molar-refractivity contribution in [2.75, 3.05) is 6.54 Å². The van der Waals surface area contributed by atoms with Crippen LogP contribution in [0.5, 0.6) is 0 Å². The Labute approximate surface area is 160 Å². The maximum Gasteiger partial charge on any atom is 0.293 e. The van der Waals surface area contributed by atoms with Crippen LogP contribution in [0.15, 0.2) is 53.2 Å². The van der Waals surface area contributed by atoms with Gasteiger partial charge in [0.25, 0.3) is 11.7 Å². The van der Waals surface area contributed by atoms with Gasteiger partial charge < -0.3 is 9.32 Å². The van der Waals surface area contributed by atoms with Crippen LogP contribution in [0.25, 0.3) is 5.78 Å². The lowest BCUT2D eigenvalue weighted by atomic mass is 10.1. The summed E-state index contributed by atoms with van der Waals surface area (Å²) in [7, 11) is 0. The number of hydrogen-bond donors (Lipinski definition) is 0. The number of fused-ring (bicyclic) bond motifs is 2. The van der Waals surface area contributed by atoms with Crippen LogP contribution in [0.2, 0.25) is 0 Å². The van der Waals surface area contributed by atoms with Gasteiger partial charge in [-0.25, -0.2) is 14.5 Å². The highest BCUT2D eigenvalue weighted by molar-refractivity contribution is 5.91. The van der Waals surface area contributed by atoms with Gasteiger partial charge in [-0.05, 0) is 18.1 Å². The van der Waals surface area contributed by atoms with Gasteiger partial charge in [0.15, 0.2) is 5.89 Å². The van der Waals surface area contributed by atoms with Crippen molar-refractivity contribution in [3.63, 3.8) is 0 Å². The molecule has 0 unspecified atom stereocenters. The van der Waals surface area contributed by atoms with Crippen LogP contribution >= 0.6 is 0 Å². The van der Waals surface area contributed by atoms with Crippen molar-refractivity contribution < 1.29 is 9.21 Å². The third-order valence-corrected chi connectivity index (χ3v) is 4.84. The summed E-state index contributed by atoms with van der Waals surface area (Å²) in [4.78, 5) is 27.4. The molecule has 5 rings (SSSR count). The molecule has 3 aromatic heterocycles.